The quantitative estimate of drug-likeness (QED) is 0.895. The Bertz CT molecular complexity index is 421. The number of rotatable bonds is 5. The molecule has 0 aromatic heterocycles. The molecule has 0 radical (unpaired) electrons. The van der Waals surface area contributed by atoms with E-state index >= 15 is 0 Å². The maximum Gasteiger partial charge on any atom is 0.257 e. The number of phenols is 1. The zero-order valence-corrected chi connectivity index (χ0v) is 11.6. The molecule has 0 fully saturated rings. The van der Waals surface area contributed by atoms with Gasteiger partial charge in [-0.3, -0.25) is 4.79 Å². The van der Waals surface area contributed by atoms with Crippen molar-refractivity contribution in [3.63, 3.8) is 0 Å². The van der Waals surface area contributed by atoms with Crippen LogP contribution in [0.5, 0.6) is 5.75 Å². The number of aromatic hydroxyl groups is 1. The van der Waals surface area contributed by atoms with Gasteiger partial charge in [0.1, 0.15) is 5.75 Å². The minimum atomic E-state index is -0.276. The number of amides is 1. The number of benzene rings is 1. The highest BCUT2D eigenvalue weighted by molar-refractivity contribution is 6.31. The summed E-state index contributed by atoms with van der Waals surface area (Å²) in [5.74, 6) is -0.344. The molecule has 0 heterocycles. The van der Waals surface area contributed by atoms with Gasteiger partial charge < -0.3 is 14.7 Å². The lowest BCUT2D eigenvalue weighted by molar-refractivity contribution is 0.0530. The first kappa shape index (κ1) is 14.8. The van der Waals surface area contributed by atoms with Gasteiger partial charge in [0.15, 0.2) is 0 Å². The Hall–Kier alpha value is -1.26. The van der Waals surface area contributed by atoms with Crippen LogP contribution in [0.15, 0.2) is 18.2 Å². The molecule has 0 bridgehead atoms. The van der Waals surface area contributed by atoms with Crippen molar-refractivity contribution in [2.24, 2.45) is 0 Å². The summed E-state index contributed by atoms with van der Waals surface area (Å²) >= 11 is 5.80. The molecule has 0 aliphatic heterocycles. The largest absolute Gasteiger partial charge is 0.507 e. The summed E-state index contributed by atoms with van der Waals surface area (Å²) in [6, 6.07) is 4.41. The fourth-order valence-corrected chi connectivity index (χ4v) is 1.58. The molecule has 0 spiro atoms. The van der Waals surface area contributed by atoms with Gasteiger partial charge in [0.05, 0.1) is 18.3 Å². The van der Waals surface area contributed by atoms with E-state index in [1.54, 1.807) is 7.05 Å². The SMILES string of the molecule is CC(C)OCCN(C)C(=O)c1cc(Cl)ccc1O. The number of carbonyl (C=O) groups is 1. The van der Waals surface area contributed by atoms with Crippen LogP contribution in [-0.2, 0) is 4.74 Å². The van der Waals surface area contributed by atoms with Gasteiger partial charge in [0.25, 0.3) is 5.91 Å². The summed E-state index contributed by atoms with van der Waals surface area (Å²) in [7, 11) is 1.66. The van der Waals surface area contributed by atoms with Crippen molar-refractivity contribution >= 4 is 17.5 Å². The molecule has 5 heteroatoms. The van der Waals surface area contributed by atoms with E-state index in [-0.39, 0.29) is 23.3 Å². The molecule has 0 unspecified atom stereocenters. The summed E-state index contributed by atoms with van der Waals surface area (Å²) in [4.78, 5) is 13.5. The molecule has 0 atom stereocenters. The van der Waals surface area contributed by atoms with Gasteiger partial charge in [-0.2, -0.15) is 0 Å². The average molecular weight is 272 g/mol. The number of halogens is 1. The summed E-state index contributed by atoms with van der Waals surface area (Å²) in [6.07, 6.45) is 0.132. The number of hydrogen-bond donors (Lipinski definition) is 1. The first-order valence-electron chi connectivity index (χ1n) is 5.77. The van der Waals surface area contributed by atoms with Gasteiger partial charge in [-0.05, 0) is 32.0 Å². The van der Waals surface area contributed by atoms with Gasteiger partial charge in [0.2, 0.25) is 0 Å². The maximum atomic E-state index is 12.0. The minimum Gasteiger partial charge on any atom is -0.507 e. The maximum absolute atomic E-state index is 12.0. The molecule has 100 valence electrons. The molecule has 1 amide bonds. The second-order valence-corrected chi connectivity index (χ2v) is 4.74. The molecular formula is C13H18ClNO3. The number of nitrogens with zero attached hydrogens (tertiary/aromatic N) is 1. The molecule has 4 nitrogen and oxygen atoms in total. The van der Waals surface area contributed by atoms with Crippen molar-refractivity contribution in [3.8, 4) is 5.75 Å². The molecule has 18 heavy (non-hydrogen) atoms. The monoisotopic (exact) mass is 271 g/mol. The van der Waals surface area contributed by atoms with Crippen LogP contribution >= 0.6 is 11.6 Å². The van der Waals surface area contributed by atoms with E-state index in [2.05, 4.69) is 0 Å². The Kier molecular flexibility index (Phi) is 5.44. The van der Waals surface area contributed by atoms with Crippen LogP contribution in [-0.4, -0.2) is 42.2 Å². The lowest BCUT2D eigenvalue weighted by atomic mass is 10.2. The third kappa shape index (κ3) is 4.20. The summed E-state index contributed by atoms with van der Waals surface area (Å²) in [5.41, 5.74) is 0.203. The number of carbonyl (C=O) groups excluding carboxylic acids is 1. The third-order valence-electron chi connectivity index (χ3n) is 2.41. The van der Waals surface area contributed by atoms with Gasteiger partial charge in [0, 0.05) is 18.6 Å². The number of likely N-dealkylation sites (N-methyl/N-ethyl adjacent to an activating group) is 1. The van der Waals surface area contributed by atoms with Crippen LogP contribution in [0, 0.1) is 0 Å². The second kappa shape index (κ2) is 6.61. The van der Waals surface area contributed by atoms with Gasteiger partial charge in [-0.15, -0.1) is 0 Å². The Morgan fingerprint density at radius 3 is 2.78 bits per heavy atom. The van der Waals surface area contributed by atoms with Crippen LogP contribution in [0.2, 0.25) is 5.02 Å². The van der Waals surface area contributed by atoms with Crippen molar-refractivity contribution in [1.29, 1.82) is 0 Å². The third-order valence-corrected chi connectivity index (χ3v) is 2.65. The zero-order chi connectivity index (χ0) is 13.7. The zero-order valence-electron chi connectivity index (χ0n) is 10.8. The highest BCUT2D eigenvalue weighted by atomic mass is 35.5. The topological polar surface area (TPSA) is 49.8 Å². The number of phenolic OH excluding ortho intramolecular Hbond substituents is 1. The van der Waals surface area contributed by atoms with E-state index in [0.29, 0.717) is 18.2 Å². The highest BCUT2D eigenvalue weighted by Crippen LogP contribution is 2.22. The minimum absolute atomic E-state index is 0.0685. The van der Waals surface area contributed by atoms with Crippen LogP contribution in [0.1, 0.15) is 24.2 Å². The van der Waals surface area contributed by atoms with Crippen molar-refractivity contribution in [3.05, 3.63) is 28.8 Å². The van der Waals surface area contributed by atoms with Gasteiger partial charge >= 0.3 is 0 Å². The highest BCUT2D eigenvalue weighted by Gasteiger charge is 2.16. The Labute approximate surface area is 112 Å². The van der Waals surface area contributed by atoms with E-state index in [4.69, 9.17) is 16.3 Å². The molecule has 1 aromatic carbocycles. The van der Waals surface area contributed by atoms with Crippen molar-refractivity contribution in [2.45, 2.75) is 20.0 Å². The Morgan fingerprint density at radius 2 is 2.17 bits per heavy atom. The number of ether oxygens (including phenoxy) is 1. The Balaban J connectivity index is 2.65. The predicted octanol–water partition coefficient (Wildman–Crippen LogP) is 2.54. The first-order valence-corrected chi connectivity index (χ1v) is 6.15. The van der Waals surface area contributed by atoms with Crippen molar-refractivity contribution in [1.82, 2.24) is 4.90 Å². The van der Waals surface area contributed by atoms with Gasteiger partial charge in [-0.25, -0.2) is 0 Å². The van der Waals surface area contributed by atoms with Crippen LogP contribution in [0.4, 0.5) is 0 Å². The van der Waals surface area contributed by atoms with E-state index in [1.165, 1.54) is 23.1 Å². The molecule has 0 saturated heterocycles. The van der Waals surface area contributed by atoms with Crippen LogP contribution in [0.25, 0.3) is 0 Å². The van der Waals surface area contributed by atoms with Crippen LogP contribution in [0.3, 0.4) is 0 Å². The smallest absolute Gasteiger partial charge is 0.257 e. The lowest BCUT2D eigenvalue weighted by Gasteiger charge is -2.18. The molecule has 0 aliphatic carbocycles. The van der Waals surface area contributed by atoms with E-state index in [1.807, 2.05) is 13.8 Å². The fourth-order valence-electron chi connectivity index (χ4n) is 1.41. The molecular weight excluding hydrogens is 254 g/mol. The number of hydrogen-bond acceptors (Lipinski definition) is 3. The molecule has 1 aromatic rings. The summed E-state index contributed by atoms with van der Waals surface area (Å²) in [6.45, 7) is 4.79. The second-order valence-electron chi connectivity index (χ2n) is 4.31. The fraction of sp³-hybridized carbons (Fsp3) is 0.462. The first-order chi connectivity index (χ1) is 8.41. The molecule has 0 aliphatic rings. The molecule has 1 N–H and O–H groups in total. The normalized spacial score (nSPS) is 10.7. The molecule has 0 saturated carbocycles. The predicted molar refractivity (Wildman–Crippen MR) is 71.2 cm³/mol. The van der Waals surface area contributed by atoms with Crippen molar-refractivity contribution in [2.75, 3.05) is 20.2 Å². The van der Waals surface area contributed by atoms with Crippen LogP contribution < -0.4 is 0 Å². The van der Waals surface area contributed by atoms with E-state index < -0.39 is 0 Å². The average Bonchev–Trinajstić information content (AvgIpc) is 2.30. The van der Waals surface area contributed by atoms with E-state index in [9.17, 15) is 9.90 Å². The van der Waals surface area contributed by atoms with Gasteiger partial charge in [-0.1, -0.05) is 11.6 Å². The standard InChI is InChI=1S/C13H18ClNO3/c1-9(2)18-7-6-15(3)13(17)11-8-10(14)4-5-12(11)16/h4-5,8-9,16H,6-7H2,1-3H3. The Morgan fingerprint density at radius 1 is 1.50 bits per heavy atom. The summed E-state index contributed by atoms with van der Waals surface area (Å²) < 4.78 is 5.37. The van der Waals surface area contributed by atoms with Crippen molar-refractivity contribution < 1.29 is 14.6 Å². The van der Waals surface area contributed by atoms with E-state index in [0.717, 1.165) is 0 Å². The lowest BCUT2D eigenvalue weighted by Crippen LogP contribution is -2.30. The molecule has 1 rings (SSSR count). The summed E-state index contributed by atoms with van der Waals surface area (Å²) in [5, 5.41) is 10.0.